The first-order chi connectivity index (χ1) is 10.2. The predicted molar refractivity (Wildman–Crippen MR) is 84.5 cm³/mol. The SMILES string of the molecule is CCNC(C)c1ccccc1Oc1cc(C#N)ccc1C. The van der Waals surface area contributed by atoms with Crippen molar-refractivity contribution in [3.63, 3.8) is 0 Å². The zero-order valence-corrected chi connectivity index (χ0v) is 12.7. The van der Waals surface area contributed by atoms with Gasteiger partial charge in [-0.25, -0.2) is 0 Å². The second-order valence-corrected chi connectivity index (χ2v) is 5.01. The van der Waals surface area contributed by atoms with Gasteiger partial charge in [0.15, 0.2) is 0 Å². The highest BCUT2D eigenvalue weighted by molar-refractivity contribution is 5.46. The second-order valence-electron chi connectivity index (χ2n) is 5.01. The highest BCUT2D eigenvalue weighted by Crippen LogP contribution is 2.31. The Morgan fingerprint density at radius 1 is 1.19 bits per heavy atom. The van der Waals surface area contributed by atoms with Crippen LogP contribution in [0.3, 0.4) is 0 Å². The molecule has 21 heavy (non-hydrogen) atoms. The summed E-state index contributed by atoms with van der Waals surface area (Å²) in [5.41, 5.74) is 2.73. The largest absolute Gasteiger partial charge is 0.457 e. The lowest BCUT2D eigenvalue weighted by Crippen LogP contribution is -2.18. The number of ether oxygens (including phenoxy) is 1. The number of benzene rings is 2. The Hall–Kier alpha value is -2.31. The van der Waals surface area contributed by atoms with Gasteiger partial charge in [-0.15, -0.1) is 0 Å². The molecule has 0 saturated heterocycles. The smallest absolute Gasteiger partial charge is 0.132 e. The molecule has 0 aliphatic heterocycles. The quantitative estimate of drug-likeness (QED) is 0.886. The maximum atomic E-state index is 9.02. The summed E-state index contributed by atoms with van der Waals surface area (Å²) in [5.74, 6) is 1.55. The molecule has 3 heteroatoms. The minimum atomic E-state index is 0.214. The van der Waals surface area contributed by atoms with E-state index in [1.54, 1.807) is 12.1 Å². The third-order valence-electron chi connectivity index (χ3n) is 3.43. The third kappa shape index (κ3) is 3.62. The van der Waals surface area contributed by atoms with Crippen molar-refractivity contribution in [3.05, 3.63) is 59.2 Å². The summed E-state index contributed by atoms with van der Waals surface area (Å²) >= 11 is 0. The Morgan fingerprint density at radius 2 is 1.95 bits per heavy atom. The van der Waals surface area contributed by atoms with Crippen LogP contribution in [0.4, 0.5) is 0 Å². The number of hydrogen-bond acceptors (Lipinski definition) is 3. The summed E-state index contributed by atoms with van der Waals surface area (Å²) in [6, 6.07) is 15.8. The Morgan fingerprint density at radius 3 is 2.67 bits per heavy atom. The number of aryl methyl sites for hydroxylation is 1. The van der Waals surface area contributed by atoms with Crippen LogP contribution in [0.1, 0.15) is 36.6 Å². The van der Waals surface area contributed by atoms with Crippen LogP contribution in [0.5, 0.6) is 11.5 Å². The highest BCUT2D eigenvalue weighted by atomic mass is 16.5. The van der Waals surface area contributed by atoms with Crippen LogP contribution in [0, 0.1) is 18.3 Å². The number of nitrogens with one attached hydrogen (secondary N) is 1. The van der Waals surface area contributed by atoms with Gasteiger partial charge < -0.3 is 10.1 Å². The number of nitriles is 1. The van der Waals surface area contributed by atoms with Crippen LogP contribution in [0.25, 0.3) is 0 Å². The molecule has 0 aromatic heterocycles. The van der Waals surface area contributed by atoms with Crippen LogP contribution < -0.4 is 10.1 Å². The molecule has 0 saturated carbocycles. The molecule has 2 rings (SSSR count). The van der Waals surface area contributed by atoms with Crippen LogP contribution in [-0.2, 0) is 0 Å². The van der Waals surface area contributed by atoms with E-state index >= 15 is 0 Å². The van der Waals surface area contributed by atoms with E-state index in [1.165, 1.54) is 0 Å². The zero-order valence-electron chi connectivity index (χ0n) is 12.7. The standard InChI is InChI=1S/C18H20N2O/c1-4-20-14(3)16-7-5-6-8-17(16)21-18-11-15(12-19)10-9-13(18)2/h5-11,14,20H,4H2,1-3H3. The average molecular weight is 280 g/mol. The molecule has 0 amide bonds. The van der Waals surface area contributed by atoms with Gasteiger partial charge in [0, 0.05) is 11.6 Å². The lowest BCUT2D eigenvalue weighted by molar-refractivity contribution is 0.460. The van der Waals surface area contributed by atoms with Gasteiger partial charge in [0.1, 0.15) is 11.5 Å². The maximum absolute atomic E-state index is 9.02. The average Bonchev–Trinajstić information content (AvgIpc) is 2.50. The summed E-state index contributed by atoms with van der Waals surface area (Å²) in [5, 5.41) is 12.4. The summed E-state index contributed by atoms with van der Waals surface area (Å²) in [4.78, 5) is 0. The molecule has 108 valence electrons. The highest BCUT2D eigenvalue weighted by Gasteiger charge is 2.12. The van der Waals surface area contributed by atoms with E-state index in [4.69, 9.17) is 10.00 Å². The summed E-state index contributed by atoms with van der Waals surface area (Å²) in [6.45, 7) is 7.08. The lowest BCUT2D eigenvalue weighted by atomic mass is 10.1. The monoisotopic (exact) mass is 280 g/mol. The zero-order chi connectivity index (χ0) is 15.2. The molecule has 0 aliphatic rings. The number of rotatable bonds is 5. The van der Waals surface area contributed by atoms with Crippen LogP contribution in [0.15, 0.2) is 42.5 Å². The minimum Gasteiger partial charge on any atom is -0.457 e. The maximum Gasteiger partial charge on any atom is 0.132 e. The molecule has 1 unspecified atom stereocenters. The Kier molecular flexibility index (Phi) is 4.97. The molecule has 1 atom stereocenters. The van der Waals surface area contributed by atoms with Gasteiger partial charge in [0.25, 0.3) is 0 Å². The fourth-order valence-corrected chi connectivity index (χ4v) is 2.25. The van der Waals surface area contributed by atoms with Gasteiger partial charge in [-0.3, -0.25) is 0 Å². The second kappa shape index (κ2) is 6.92. The lowest BCUT2D eigenvalue weighted by Gasteiger charge is -2.18. The Balaban J connectivity index is 2.34. The van der Waals surface area contributed by atoms with Gasteiger partial charge in [0.2, 0.25) is 0 Å². The van der Waals surface area contributed by atoms with Crippen molar-refractivity contribution in [2.24, 2.45) is 0 Å². The Bertz CT molecular complexity index is 659. The normalized spacial score (nSPS) is 11.7. The molecule has 0 spiro atoms. The molecule has 1 N–H and O–H groups in total. The number of para-hydroxylation sites is 1. The van der Waals surface area contributed by atoms with Crippen molar-refractivity contribution in [2.75, 3.05) is 6.54 Å². The van der Waals surface area contributed by atoms with Gasteiger partial charge in [-0.05, 0) is 44.2 Å². The van der Waals surface area contributed by atoms with Gasteiger partial charge in [-0.2, -0.15) is 5.26 Å². The van der Waals surface area contributed by atoms with Crippen molar-refractivity contribution in [2.45, 2.75) is 26.8 Å². The van der Waals surface area contributed by atoms with E-state index in [9.17, 15) is 0 Å². The Labute approximate surface area is 126 Å². The number of hydrogen-bond donors (Lipinski definition) is 1. The van der Waals surface area contributed by atoms with E-state index in [-0.39, 0.29) is 6.04 Å². The fourth-order valence-electron chi connectivity index (χ4n) is 2.25. The van der Waals surface area contributed by atoms with E-state index in [0.717, 1.165) is 29.2 Å². The summed E-state index contributed by atoms with van der Waals surface area (Å²) < 4.78 is 6.06. The molecular formula is C18H20N2O. The fraction of sp³-hybridized carbons (Fsp3) is 0.278. The third-order valence-corrected chi connectivity index (χ3v) is 3.43. The molecule has 3 nitrogen and oxygen atoms in total. The molecular weight excluding hydrogens is 260 g/mol. The van der Waals surface area contributed by atoms with Gasteiger partial charge in [-0.1, -0.05) is 31.2 Å². The van der Waals surface area contributed by atoms with E-state index < -0.39 is 0 Å². The molecule has 2 aromatic rings. The number of nitrogens with zero attached hydrogens (tertiary/aromatic N) is 1. The van der Waals surface area contributed by atoms with Crippen molar-refractivity contribution in [1.29, 1.82) is 5.26 Å². The molecule has 2 aromatic carbocycles. The van der Waals surface area contributed by atoms with Crippen molar-refractivity contribution < 1.29 is 4.74 Å². The first kappa shape index (κ1) is 15.1. The molecule has 0 aliphatic carbocycles. The molecule has 0 fully saturated rings. The van der Waals surface area contributed by atoms with Crippen LogP contribution in [0.2, 0.25) is 0 Å². The van der Waals surface area contributed by atoms with Crippen molar-refractivity contribution in [3.8, 4) is 17.6 Å². The molecule has 0 heterocycles. The van der Waals surface area contributed by atoms with Crippen LogP contribution >= 0.6 is 0 Å². The molecule has 0 radical (unpaired) electrons. The van der Waals surface area contributed by atoms with E-state index in [0.29, 0.717) is 5.56 Å². The van der Waals surface area contributed by atoms with Gasteiger partial charge >= 0.3 is 0 Å². The van der Waals surface area contributed by atoms with Crippen molar-refractivity contribution >= 4 is 0 Å². The predicted octanol–water partition coefficient (Wildman–Crippen LogP) is 4.33. The van der Waals surface area contributed by atoms with E-state index in [1.807, 2.05) is 31.2 Å². The minimum absolute atomic E-state index is 0.214. The topological polar surface area (TPSA) is 45.0 Å². The van der Waals surface area contributed by atoms with E-state index in [2.05, 4.69) is 31.3 Å². The van der Waals surface area contributed by atoms with Crippen LogP contribution in [-0.4, -0.2) is 6.54 Å². The van der Waals surface area contributed by atoms with Crippen molar-refractivity contribution in [1.82, 2.24) is 5.32 Å². The summed E-state index contributed by atoms with van der Waals surface area (Å²) in [7, 11) is 0. The first-order valence-electron chi connectivity index (χ1n) is 7.16. The van der Waals surface area contributed by atoms with Gasteiger partial charge in [0.05, 0.1) is 11.6 Å². The first-order valence-corrected chi connectivity index (χ1v) is 7.16. The molecule has 0 bridgehead atoms. The summed E-state index contributed by atoms with van der Waals surface area (Å²) in [6.07, 6.45) is 0.